The Morgan fingerprint density at radius 3 is 2.77 bits per heavy atom. The molecule has 0 atom stereocenters. The summed E-state index contributed by atoms with van der Waals surface area (Å²) in [6.45, 7) is 5.72. The Hall–Kier alpha value is -3.16. The van der Waals surface area contributed by atoms with Crippen molar-refractivity contribution in [3.05, 3.63) is 47.7 Å². The van der Waals surface area contributed by atoms with Gasteiger partial charge in [0.25, 0.3) is 0 Å². The molecule has 1 aliphatic heterocycles. The fourth-order valence-electron chi connectivity index (χ4n) is 4.08. The van der Waals surface area contributed by atoms with Gasteiger partial charge in [-0.15, -0.1) is 0 Å². The zero-order chi connectivity index (χ0) is 21.3. The Morgan fingerprint density at radius 1 is 1.30 bits per heavy atom. The van der Waals surface area contributed by atoms with E-state index in [1.807, 2.05) is 20.0 Å². The van der Waals surface area contributed by atoms with Gasteiger partial charge in [-0.2, -0.15) is 5.10 Å². The maximum absolute atomic E-state index is 13.7. The fraction of sp³-hybridized carbons (Fsp3) is 0.409. The average molecular weight is 411 g/mol. The number of likely N-dealkylation sites (tertiary alicyclic amines) is 1. The molecule has 1 aromatic carbocycles. The van der Waals surface area contributed by atoms with E-state index in [0.717, 1.165) is 28.7 Å². The van der Waals surface area contributed by atoms with Gasteiger partial charge in [0.1, 0.15) is 5.82 Å². The van der Waals surface area contributed by atoms with Crippen molar-refractivity contribution in [2.24, 2.45) is 5.92 Å². The third kappa shape index (κ3) is 4.08. The van der Waals surface area contributed by atoms with Crippen molar-refractivity contribution < 1.29 is 14.0 Å². The van der Waals surface area contributed by atoms with Crippen LogP contribution in [-0.4, -0.2) is 44.6 Å². The van der Waals surface area contributed by atoms with E-state index in [2.05, 4.69) is 15.4 Å². The van der Waals surface area contributed by atoms with Gasteiger partial charge in [-0.3, -0.25) is 14.3 Å². The number of hydrogen-bond acceptors (Lipinski definition) is 3. The molecule has 2 N–H and O–H groups in total. The van der Waals surface area contributed by atoms with Crippen molar-refractivity contribution in [3.63, 3.8) is 0 Å². The second-order valence-corrected chi connectivity index (χ2v) is 7.82. The lowest BCUT2D eigenvalue weighted by atomic mass is 9.95. The number of nitrogens with zero attached hydrogens (tertiary/aromatic N) is 3. The van der Waals surface area contributed by atoms with E-state index in [-0.39, 0.29) is 30.0 Å². The zero-order valence-corrected chi connectivity index (χ0v) is 17.2. The van der Waals surface area contributed by atoms with E-state index in [0.29, 0.717) is 31.6 Å². The molecule has 30 heavy (non-hydrogen) atoms. The van der Waals surface area contributed by atoms with Gasteiger partial charge in [0.05, 0.1) is 18.3 Å². The molecule has 0 radical (unpaired) electrons. The number of anilines is 1. The minimum atomic E-state index is -0.313. The molecule has 0 spiro atoms. The van der Waals surface area contributed by atoms with Crippen LogP contribution in [0.5, 0.6) is 0 Å². The predicted molar refractivity (Wildman–Crippen MR) is 113 cm³/mol. The van der Waals surface area contributed by atoms with Crippen molar-refractivity contribution in [1.82, 2.24) is 19.7 Å². The molecule has 0 aliphatic carbocycles. The lowest BCUT2D eigenvalue weighted by molar-refractivity contribution is -0.133. The molecule has 1 fully saturated rings. The molecule has 158 valence electrons. The number of carbonyl (C=O) groups is 2. The molecule has 1 aliphatic rings. The quantitative estimate of drug-likeness (QED) is 0.676. The summed E-state index contributed by atoms with van der Waals surface area (Å²) in [5.41, 5.74) is 3.24. The number of aryl methyl sites for hydroxylation is 2. The molecule has 7 nitrogen and oxygen atoms in total. The Balaban J connectivity index is 1.35. The summed E-state index contributed by atoms with van der Waals surface area (Å²) in [7, 11) is 0. The molecule has 3 heterocycles. The highest BCUT2D eigenvalue weighted by molar-refractivity contribution is 5.93. The standard InChI is InChI=1S/C22H26FN5O2/c1-3-28-13-17(12-24-28)26-22(30)15-6-8-27(9-7-15)21(29)11-18-14(2)25-20-5-4-16(23)10-19(18)20/h4-5,10,12-13,15,25H,3,6-9,11H2,1-2H3,(H,26,30). The zero-order valence-electron chi connectivity index (χ0n) is 17.2. The van der Waals surface area contributed by atoms with E-state index in [4.69, 9.17) is 0 Å². The Labute approximate surface area is 174 Å². The van der Waals surface area contributed by atoms with Gasteiger partial charge >= 0.3 is 0 Å². The van der Waals surface area contributed by atoms with Crippen molar-refractivity contribution in [2.45, 2.75) is 39.7 Å². The van der Waals surface area contributed by atoms with E-state index < -0.39 is 0 Å². The maximum atomic E-state index is 13.7. The molecule has 8 heteroatoms. The van der Waals surface area contributed by atoms with E-state index >= 15 is 0 Å². The highest BCUT2D eigenvalue weighted by Gasteiger charge is 2.28. The first-order valence-electron chi connectivity index (χ1n) is 10.3. The number of nitrogens with one attached hydrogen (secondary N) is 2. The second-order valence-electron chi connectivity index (χ2n) is 7.82. The molecule has 0 saturated carbocycles. The first-order chi connectivity index (χ1) is 14.4. The highest BCUT2D eigenvalue weighted by Crippen LogP contribution is 2.25. The minimum Gasteiger partial charge on any atom is -0.358 e. The number of aromatic amines is 1. The summed E-state index contributed by atoms with van der Waals surface area (Å²) in [5, 5.41) is 7.83. The van der Waals surface area contributed by atoms with Crippen molar-refractivity contribution in [2.75, 3.05) is 18.4 Å². The molecule has 3 aromatic rings. The fourth-order valence-corrected chi connectivity index (χ4v) is 4.08. The van der Waals surface area contributed by atoms with Crippen molar-refractivity contribution in [3.8, 4) is 0 Å². The number of aromatic nitrogens is 3. The average Bonchev–Trinajstić information content (AvgIpc) is 3.32. The van der Waals surface area contributed by atoms with Crippen LogP contribution in [0.1, 0.15) is 31.0 Å². The summed E-state index contributed by atoms with van der Waals surface area (Å²) in [6.07, 6.45) is 4.93. The molecule has 2 aromatic heterocycles. The summed E-state index contributed by atoms with van der Waals surface area (Å²) in [4.78, 5) is 30.4. The topological polar surface area (TPSA) is 83.0 Å². The monoisotopic (exact) mass is 411 g/mol. The summed E-state index contributed by atoms with van der Waals surface area (Å²) >= 11 is 0. The summed E-state index contributed by atoms with van der Waals surface area (Å²) in [6, 6.07) is 4.58. The lowest BCUT2D eigenvalue weighted by Gasteiger charge is -2.31. The van der Waals surface area contributed by atoms with Crippen LogP contribution in [0.2, 0.25) is 0 Å². The van der Waals surface area contributed by atoms with Gasteiger partial charge in [-0.05, 0) is 50.5 Å². The Morgan fingerprint density at radius 2 is 2.07 bits per heavy atom. The number of fused-ring (bicyclic) bond motifs is 1. The third-order valence-corrected chi connectivity index (χ3v) is 5.85. The van der Waals surface area contributed by atoms with Crippen molar-refractivity contribution >= 4 is 28.4 Å². The number of hydrogen-bond donors (Lipinski definition) is 2. The van der Waals surface area contributed by atoms with E-state index in [1.54, 1.807) is 21.8 Å². The molecule has 4 rings (SSSR count). The molecular formula is C22H26FN5O2. The molecule has 2 amide bonds. The van der Waals surface area contributed by atoms with Crippen LogP contribution in [0.15, 0.2) is 30.6 Å². The molecule has 0 unspecified atom stereocenters. The molecular weight excluding hydrogens is 385 g/mol. The van der Waals surface area contributed by atoms with Crippen LogP contribution < -0.4 is 5.32 Å². The van der Waals surface area contributed by atoms with Gasteiger partial charge in [0, 0.05) is 48.3 Å². The van der Waals surface area contributed by atoms with Gasteiger partial charge < -0.3 is 15.2 Å². The van der Waals surface area contributed by atoms with E-state index in [1.165, 1.54) is 12.1 Å². The van der Waals surface area contributed by atoms with Crippen LogP contribution in [0.3, 0.4) is 0 Å². The first kappa shape index (κ1) is 20.1. The smallest absolute Gasteiger partial charge is 0.227 e. The van der Waals surface area contributed by atoms with Gasteiger partial charge in [-0.25, -0.2) is 4.39 Å². The van der Waals surface area contributed by atoms with Gasteiger partial charge in [-0.1, -0.05) is 0 Å². The third-order valence-electron chi connectivity index (χ3n) is 5.85. The maximum Gasteiger partial charge on any atom is 0.227 e. The number of halogens is 1. The number of benzene rings is 1. The largest absolute Gasteiger partial charge is 0.358 e. The van der Waals surface area contributed by atoms with Crippen LogP contribution in [-0.2, 0) is 22.6 Å². The molecule has 0 bridgehead atoms. The van der Waals surface area contributed by atoms with Crippen LogP contribution >= 0.6 is 0 Å². The molecule has 1 saturated heterocycles. The second kappa shape index (κ2) is 8.30. The van der Waals surface area contributed by atoms with Crippen molar-refractivity contribution in [1.29, 1.82) is 0 Å². The lowest BCUT2D eigenvalue weighted by Crippen LogP contribution is -2.42. The first-order valence-corrected chi connectivity index (χ1v) is 10.3. The van der Waals surface area contributed by atoms with Crippen LogP contribution in [0.4, 0.5) is 10.1 Å². The van der Waals surface area contributed by atoms with Crippen LogP contribution in [0, 0.1) is 18.7 Å². The van der Waals surface area contributed by atoms with E-state index in [9.17, 15) is 14.0 Å². The number of piperidine rings is 1. The number of rotatable bonds is 5. The number of carbonyl (C=O) groups excluding carboxylic acids is 2. The predicted octanol–water partition coefficient (Wildman–Crippen LogP) is 3.25. The van der Waals surface area contributed by atoms with Crippen LogP contribution in [0.25, 0.3) is 10.9 Å². The Kier molecular flexibility index (Phi) is 5.57. The SMILES string of the molecule is CCn1cc(NC(=O)C2CCN(C(=O)Cc3c(C)[nH]c4ccc(F)cc34)CC2)cn1. The van der Waals surface area contributed by atoms with Gasteiger partial charge in [0.2, 0.25) is 11.8 Å². The normalized spacial score (nSPS) is 15.0. The Bertz CT molecular complexity index is 1080. The minimum absolute atomic E-state index is 0.00587. The summed E-state index contributed by atoms with van der Waals surface area (Å²) < 4.78 is 15.4. The highest BCUT2D eigenvalue weighted by atomic mass is 19.1. The number of amides is 2. The summed E-state index contributed by atoms with van der Waals surface area (Å²) in [5.74, 6) is -0.457. The van der Waals surface area contributed by atoms with Gasteiger partial charge in [0.15, 0.2) is 0 Å². The number of H-pyrrole nitrogens is 1.